The maximum Gasteiger partial charge on any atom is 0.410 e. The molecule has 0 N–H and O–H groups in total. The summed E-state index contributed by atoms with van der Waals surface area (Å²) < 4.78 is 37.0. The third-order valence-electron chi connectivity index (χ3n) is 6.87. The van der Waals surface area contributed by atoms with Gasteiger partial charge in [-0.3, -0.25) is 0 Å². The Morgan fingerprint density at radius 1 is 1.13 bits per heavy atom. The summed E-state index contributed by atoms with van der Waals surface area (Å²) >= 11 is 0. The Hall–Kier alpha value is -3.30. The number of amides is 1. The predicted octanol–water partition coefficient (Wildman–Crippen LogP) is 5.18. The minimum atomic E-state index is -3.64. The molecule has 3 heterocycles. The highest BCUT2D eigenvalue weighted by Gasteiger charge is 2.31. The van der Waals surface area contributed by atoms with Crippen LogP contribution in [0.15, 0.2) is 47.6 Å². The Kier molecular flexibility index (Phi) is 6.77. The van der Waals surface area contributed by atoms with Crippen molar-refractivity contribution in [1.82, 2.24) is 14.9 Å². The summed E-state index contributed by atoms with van der Waals surface area (Å²) in [7, 11) is -3.64. The SMILES string of the molecule is Cc1cccc2cccc(C3Cc4nc(S(C)(=O)=O)nc(C5=CCN(C(=O)OC(C)(C)C)CC5)c4CO3)c12. The number of hydrogen-bond acceptors (Lipinski definition) is 7. The second kappa shape index (κ2) is 9.78. The van der Waals surface area contributed by atoms with Gasteiger partial charge in [0.15, 0.2) is 0 Å². The standard InChI is InChI=1S/C29H33N3O5S/c1-18-8-6-9-19-10-7-11-21(25(18)19)24-16-23-22(17-36-24)26(31-27(30-23)38(5,34)35)20-12-14-32(15-13-20)28(33)37-29(2,3)4/h6-12,24H,13-17H2,1-5H3. The zero-order valence-corrected chi connectivity index (χ0v) is 23.3. The molecule has 2 aromatic carbocycles. The van der Waals surface area contributed by atoms with Crippen LogP contribution in [-0.2, 0) is 32.3 Å². The summed E-state index contributed by atoms with van der Waals surface area (Å²) in [5.41, 5.74) is 4.62. The van der Waals surface area contributed by atoms with Crippen molar-refractivity contribution in [3.05, 3.63) is 70.6 Å². The number of ether oxygens (including phenoxy) is 2. The average Bonchev–Trinajstić information content (AvgIpc) is 2.86. The third kappa shape index (κ3) is 5.31. The molecule has 2 aliphatic heterocycles. The number of aryl methyl sites for hydroxylation is 1. The highest BCUT2D eigenvalue weighted by Crippen LogP contribution is 2.38. The van der Waals surface area contributed by atoms with E-state index >= 15 is 0 Å². The van der Waals surface area contributed by atoms with E-state index in [-0.39, 0.29) is 24.0 Å². The van der Waals surface area contributed by atoms with E-state index in [9.17, 15) is 13.2 Å². The monoisotopic (exact) mass is 535 g/mol. The number of rotatable bonds is 3. The molecule has 0 fully saturated rings. The van der Waals surface area contributed by atoms with Crippen LogP contribution in [0.1, 0.15) is 61.4 Å². The first-order valence-corrected chi connectivity index (χ1v) is 14.7. The van der Waals surface area contributed by atoms with Gasteiger partial charge in [-0.05, 0) is 61.6 Å². The van der Waals surface area contributed by atoms with Crippen molar-refractivity contribution in [3.8, 4) is 0 Å². The van der Waals surface area contributed by atoms with Gasteiger partial charge in [0.1, 0.15) is 5.60 Å². The average molecular weight is 536 g/mol. The van der Waals surface area contributed by atoms with E-state index in [0.29, 0.717) is 37.3 Å². The van der Waals surface area contributed by atoms with Crippen LogP contribution in [0.2, 0.25) is 0 Å². The Morgan fingerprint density at radius 2 is 1.87 bits per heavy atom. The normalized spacial score (nSPS) is 18.2. The molecule has 0 saturated carbocycles. The molecule has 0 saturated heterocycles. The zero-order chi connectivity index (χ0) is 27.2. The molecule has 38 heavy (non-hydrogen) atoms. The van der Waals surface area contributed by atoms with Crippen molar-refractivity contribution in [2.45, 2.75) is 64.0 Å². The number of hydrogen-bond donors (Lipinski definition) is 0. The largest absolute Gasteiger partial charge is 0.444 e. The van der Waals surface area contributed by atoms with Crippen molar-refractivity contribution < 1.29 is 22.7 Å². The van der Waals surface area contributed by atoms with E-state index in [1.165, 1.54) is 0 Å². The summed E-state index contributed by atoms with van der Waals surface area (Å²) in [6, 6.07) is 12.4. The molecule has 0 spiro atoms. The van der Waals surface area contributed by atoms with Gasteiger partial charge in [0.25, 0.3) is 0 Å². The molecule has 8 nitrogen and oxygen atoms in total. The molecular formula is C29H33N3O5S. The van der Waals surface area contributed by atoms with Crippen LogP contribution in [0.4, 0.5) is 4.79 Å². The first-order valence-electron chi connectivity index (χ1n) is 12.8. The van der Waals surface area contributed by atoms with Crippen molar-refractivity contribution in [2.75, 3.05) is 19.3 Å². The predicted molar refractivity (Wildman–Crippen MR) is 145 cm³/mol. The maximum absolute atomic E-state index is 12.6. The molecule has 200 valence electrons. The van der Waals surface area contributed by atoms with Gasteiger partial charge in [0.05, 0.1) is 24.1 Å². The Balaban J connectivity index is 1.50. The fraction of sp³-hybridized carbons (Fsp3) is 0.414. The molecule has 5 rings (SSSR count). The second-order valence-electron chi connectivity index (χ2n) is 11.0. The van der Waals surface area contributed by atoms with E-state index in [1.54, 1.807) is 4.90 Å². The number of carbonyl (C=O) groups is 1. The Morgan fingerprint density at radius 3 is 2.53 bits per heavy atom. The van der Waals surface area contributed by atoms with Crippen molar-refractivity contribution in [3.63, 3.8) is 0 Å². The highest BCUT2D eigenvalue weighted by molar-refractivity contribution is 7.90. The van der Waals surface area contributed by atoms with Crippen molar-refractivity contribution in [2.24, 2.45) is 0 Å². The second-order valence-corrected chi connectivity index (χ2v) is 12.9. The zero-order valence-electron chi connectivity index (χ0n) is 22.4. The molecule has 1 aromatic heterocycles. The third-order valence-corrected chi connectivity index (χ3v) is 7.71. The van der Waals surface area contributed by atoms with Gasteiger partial charge < -0.3 is 14.4 Å². The van der Waals surface area contributed by atoms with Gasteiger partial charge in [-0.2, -0.15) is 0 Å². The number of nitrogens with zero attached hydrogens (tertiary/aromatic N) is 3. The molecule has 1 atom stereocenters. The number of sulfone groups is 1. The lowest BCUT2D eigenvalue weighted by atomic mass is 9.91. The molecule has 0 aliphatic carbocycles. The smallest absolute Gasteiger partial charge is 0.410 e. The van der Waals surface area contributed by atoms with E-state index in [2.05, 4.69) is 41.2 Å². The van der Waals surface area contributed by atoms with Crippen LogP contribution in [0.25, 0.3) is 16.3 Å². The minimum absolute atomic E-state index is 0.184. The molecule has 0 radical (unpaired) electrons. The van der Waals surface area contributed by atoms with Gasteiger partial charge >= 0.3 is 6.09 Å². The van der Waals surface area contributed by atoms with Gasteiger partial charge in [0.2, 0.25) is 15.0 Å². The number of carbonyl (C=O) groups excluding carboxylic acids is 1. The number of aromatic nitrogens is 2. The number of benzene rings is 2. The maximum atomic E-state index is 12.6. The molecule has 3 aromatic rings. The quantitative estimate of drug-likeness (QED) is 0.426. The highest BCUT2D eigenvalue weighted by atomic mass is 32.2. The number of fused-ring (bicyclic) bond motifs is 2. The molecule has 1 unspecified atom stereocenters. The van der Waals surface area contributed by atoms with E-state index in [4.69, 9.17) is 9.47 Å². The lowest BCUT2D eigenvalue weighted by Gasteiger charge is -2.31. The van der Waals surface area contributed by atoms with Crippen molar-refractivity contribution >= 4 is 32.3 Å². The summed E-state index contributed by atoms with van der Waals surface area (Å²) in [5.74, 6) is 0. The summed E-state index contributed by atoms with van der Waals surface area (Å²) in [6.07, 6.45) is 3.39. The first-order chi connectivity index (χ1) is 17.9. The van der Waals surface area contributed by atoms with Gasteiger partial charge in [-0.25, -0.2) is 23.2 Å². The summed E-state index contributed by atoms with van der Waals surface area (Å²) in [6.45, 7) is 8.67. The molecule has 0 bridgehead atoms. The van der Waals surface area contributed by atoms with Crippen LogP contribution in [0.5, 0.6) is 0 Å². The van der Waals surface area contributed by atoms with E-state index in [1.807, 2.05) is 39.0 Å². The minimum Gasteiger partial charge on any atom is -0.444 e. The van der Waals surface area contributed by atoms with E-state index < -0.39 is 15.4 Å². The van der Waals surface area contributed by atoms with Crippen LogP contribution in [0, 0.1) is 6.92 Å². The molecule has 2 aliphatic rings. The van der Waals surface area contributed by atoms with Crippen LogP contribution in [0.3, 0.4) is 0 Å². The van der Waals surface area contributed by atoms with Gasteiger partial charge in [-0.1, -0.05) is 42.5 Å². The topological polar surface area (TPSA) is 98.7 Å². The Bertz CT molecular complexity index is 1550. The van der Waals surface area contributed by atoms with Crippen molar-refractivity contribution in [1.29, 1.82) is 0 Å². The lowest BCUT2D eigenvalue weighted by molar-refractivity contribution is 0.0254. The lowest BCUT2D eigenvalue weighted by Crippen LogP contribution is -2.39. The Labute approximate surface area is 223 Å². The van der Waals surface area contributed by atoms with E-state index in [0.717, 1.165) is 39.3 Å². The van der Waals surface area contributed by atoms with Crippen LogP contribution >= 0.6 is 0 Å². The van der Waals surface area contributed by atoms with Gasteiger partial charge in [0, 0.05) is 31.3 Å². The first kappa shape index (κ1) is 26.3. The van der Waals surface area contributed by atoms with Crippen LogP contribution < -0.4 is 0 Å². The molecular weight excluding hydrogens is 502 g/mol. The van der Waals surface area contributed by atoms with Gasteiger partial charge in [-0.15, -0.1) is 0 Å². The fourth-order valence-corrected chi connectivity index (χ4v) is 5.62. The van der Waals surface area contributed by atoms with Crippen LogP contribution in [-0.4, -0.2) is 54.3 Å². The molecule has 9 heteroatoms. The summed E-state index contributed by atoms with van der Waals surface area (Å²) in [5, 5.41) is 2.11. The molecule has 1 amide bonds. The summed E-state index contributed by atoms with van der Waals surface area (Å²) in [4.78, 5) is 23.1. The fourth-order valence-electron chi connectivity index (χ4n) is 5.09.